The van der Waals surface area contributed by atoms with Crippen LogP contribution in [0.3, 0.4) is 0 Å². The van der Waals surface area contributed by atoms with E-state index in [1.54, 1.807) is 7.11 Å². The first-order valence-corrected chi connectivity index (χ1v) is 6.28. The Morgan fingerprint density at radius 1 is 1.28 bits per heavy atom. The lowest BCUT2D eigenvalue weighted by molar-refractivity contribution is 0.110. The van der Waals surface area contributed by atoms with Crippen molar-refractivity contribution in [2.75, 3.05) is 32.8 Å². The second-order valence-electron chi connectivity index (χ2n) is 3.34. The van der Waals surface area contributed by atoms with Crippen LogP contribution in [0.15, 0.2) is 18.2 Å². The molecule has 1 rings (SSSR count). The summed E-state index contributed by atoms with van der Waals surface area (Å²) >= 11 is 5.56. The zero-order valence-electron chi connectivity index (χ0n) is 10.7. The summed E-state index contributed by atoms with van der Waals surface area (Å²) < 4.78 is 16.0. The smallest absolute Gasteiger partial charge is 0.135 e. The summed E-state index contributed by atoms with van der Waals surface area (Å²) in [7, 11) is 1.61. The normalized spacial score (nSPS) is 9.50. The standard InChI is InChI=1S/C14H17ClO3/c1-3-17-9-10-18-14-7-6-13(16-2)11-12(14)5-4-8-15/h6-7,11H,3,8-10H2,1-2H3. The summed E-state index contributed by atoms with van der Waals surface area (Å²) in [6, 6.07) is 5.50. The van der Waals surface area contributed by atoms with Gasteiger partial charge in [0.15, 0.2) is 0 Å². The summed E-state index contributed by atoms with van der Waals surface area (Å²) in [5.74, 6) is 7.50. The Bertz CT molecular complexity index is 421. The lowest BCUT2D eigenvalue weighted by atomic mass is 10.2. The van der Waals surface area contributed by atoms with E-state index in [9.17, 15) is 0 Å². The highest BCUT2D eigenvalue weighted by molar-refractivity contribution is 6.19. The molecule has 0 aliphatic rings. The lowest BCUT2D eigenvalue weighted by Gasteiger charge is -2.09. The first-order chi connectivity index (χ1) is 8.81. The third kappa shape index (κ3) is 4.87. The number of rotatable bonds is 6. The topological polar surface area (TPSA) is 27.7 Å². The van der Waals surface area contributed by atoms with Crippen LogP contribution in [0.25, 0.3) is 0 Å². The molecule has 0 aliphatic carbocycles. The van der Waals surface area contributed by atoms with Gasteiger partial charge < -0.3 is 14.2 Å². The van der Waals surface area contributed by atoms with Gasteiger partial charge in [-0.15, -0.1) is 11.6 Å². The van der Waals surface area contributed by atoms with Crippen LogP contribution in [0.1, 0.15) is 12.5 Å². The van der Waals surface area contributed by atoms with E-state index in [1.807, 2.05) is 25.1 Å². The molecule has 0 heterocycles. The molecule has 0 unspecified atom stereocenters. The molecule has 0 aliphatic heterocycles. The van der Waals surface area contributed by atoms with Crippen molar-refractivity contribution in [2.24, 2.45) is 0 Å². The third-order valence-corrected chi connectivity index (χ3v) is 2.30. The van der Waals surface area contributed by atoms with E-state index in [2.05, 4.69) is 11.8 Å². The maximum atomic E-state index is 5.61. The van der Waals surface area contributed by atoms with E-state index < -0.39 is 0 Å². The maximum absolute atomic E-state index is 5.61. The number of hydrogen-bond acceptors (Lipinski definition) is 3. The van der Waals surface area contributed by atoms with E-state index in [0.717, 1.165) is 11.3 Å². The molecule has 0 amide bonds. The number of ether oxygens (including phenoxy) is 3. The average molecular weight is 269 g/mol. The molecule has 1 aromatic carbocycles. The molecule has 98 valence electrons. The minimum Gasteiger partial charge on any atom is -0.497 e. The van der Waals surface area contributed by atoms with Gasteiger partial charge in [-0.05, 0) is 25.1 Å². The van der Waals surface area contributed by atoms with Crippen molar-refractivity contribution in [1.82, 2.24) is 0 Å². The molecule has 18 heavy (non-hydrogen) atoms. The SMILES string of the molecule is CCOCCOc1ccc(OC)cc1C#CCCl. The Kier molecular flexibility index (Phi) is 7.09. The zero-order chi connectivity index (χ0) is 13.2. The van der Waals surface area contributed by atoms with Crippen molar-refractivity contribution in [3.05, 3.63) is 23.8 Å². The summed E-state index contributed by atoms with van der Waals surface area (Å²) in [5, 5.41) is 0. The van der Waals surface area contributed by atoms with Gasteiger partial charge in [0, 0.05) is 6.61 Å². The van der Waals surface area contributed by atoms with Gasteiger partial charge in [-0.1, -0.05) is 11.8 Å². The van der Waals surface area contributed by atoms with Crippen LogP contribution < -0.4 is 9.47 Å². The lowest BCUT2D eigenvalue weighted by Crippen LogP contribution is -2.07. The molecule has 0 atom stereocenters. The van der Waals surface area contributed by atoms with Crippen LogP contribution in [0, 0.1) is 11.8 Å². The van der Waals surface area contributed by atoms with Crippen molar-refractivity contribution in [3.63, 3.8) is 0 Å². The Hall–Kier alpha value is -1.37. The van der Waals surface area contributed by atoms with Crippen molar-refractivity contribution in [2.45, 2.75) is 6.92 Å². The minimum atomic E-state index is 0.287. The molecule has 0 saturated carbocycles. The molecule has 0 saturated heterocycles. The molecule has 3 nitrogen and oxygen atoms in total. The number of alkyl halides is 1. The Balaban J connectivity index is 2.75. The second-order valence-corrected chi connectivity index (χ2v) is 3.61. The molecule has 0 radical (unpaired) electrons. The third-order valence-electron chi connectivity index (χ3n) is 2.17. The molecule has 4 heteroatoms. The molecule has 1 aromatic rings. The summed E-state index contributed by atoms with van der Waals surface area (Å²) in [6.07, 6.45) is 0. The van der Waals surface area contributed by atoms with Gasteiger partial charge in [-0.3, -0.25) is 0 Å². The highest BCUT2D eigenvalue weighted by Gasteiger charge is 2.03. The largest absolute Gasteiger partial charge is 0.497 e. The second kappa shape index (κ2) is 8.68. The fourth-order valence-corrected chi connectivity index (χ4v) is 1.41. The van der Waals surface area contributed by atoms with Crippen LogP contribution in [-0.4, -0.2) is 32.8 Å². The quantitative estimate of drug-likeness (QED) is 0.451. The van der Waals surface area contributed by atoms with E-state index in [0.29, 0.717) is 25.6 Å². The Morgan fingerprint density at radius 2 is 2.11 bits per heavy atom. The van der Waals surface area contributed by atoms with Gasteiger partial charge in [-0.2, -0.15) is 0 Å². The van der Waals surface area contributed by atoms with Crippen LogP contribution in [0.2, 0.25) is 0 Å². The molecule has 0 spiro atoms. The molecule has 0 bridgehead atoms. The summed E-state index contributed by atoms with van der Waals surface area (Å²) in [4.78, 5) is 0. The number of benzene rings is 1. The monoisotopic (exact) mass is 268 g/mol. The molecule has 0 aromatic heterocycles. The summed E-state index contributed by atoms with van der Waals surface area (Å²) in [5.41, 5.74) is 0.770. The summed E-state index contributed by atoms with van der Waals surface area (Å²) in [6.45, 7) is 3.69. The minimum absolute atomic E-state index is 0.287. The number of hydrogen-bond donors (Lipinski definition) is 0. The molecule has 0 fully saturated rings. The van der Waals surface area contributed by atoms with Crippen LogP contribution in [0.4, 0.5) is 0 Å². The molecule has 0 N–H and O–H groups in total. The van der Waals surface area contributed by atoms with E-state index in [1.165, 1.54) is 0 Å². The van der Waals surface area contributed by atoms with E-state index in [-0.39, 0.29) is 5.88 Å². The van der Waals surface area contributed by atoms with Crippen molar-refractivity contribution < 1.29 is 14.2 Å². The Morgan fingerprint density at radius 3 is 2.78 bits per heavy atom. The predicted molar refractivity (Wildman–Crippen MR) is 72.6 cm³/mol. The van der Waals surface area contributed by atoms with Crippen molar-refractivity contribution in [1.29, 1.82) is 0 Å². The van der Waals surface area contributed by atoms with E-state index in [4.69, 9.17) is 25.8 Å². The maximum Gasteiger partial charge on any atom is 0.135 e. The van der Waals surface area contributed by atoms with Gasteiger partial charge in [0.2, 0.25) is 0 Å². The van der Waals surface area contributed by atoms with Crippen molar-refractivity contribution >= 4 is 11.6 Å². The predicted octanol–water partition coefficient (Wildman–Crippen LogP) is 2.70. The first kappa shape index (κ1) is 14.7. The number of methoxy groups -OCH3 is 1. The van der Waals surface area contributed by atoms with Crippen molar-refractivity contribution in [3.8, 4) is 23.3 Å². The highest BCUT2D eigenvalue weighted by atomic mass is 35.5. The fraction of sp³-hybridized carbons (Fsp3) is 0.429. The first-order valence-electron chi connectivity index (χ1n) is 5.75. The van der Waals surface area contributed by atoms with Gasteiger partial charge in [0.05, 0.1) is 25.2 Å². The van der Waals surface area contributed by atoms with Gasteiger partial charge >= 0.3 is 0 Å². The average Bonchev–Trinajstić information content (AvgIpc) is 2.42. The Labute approximate surface area is 113 Å². The molecular weight excluding hydrogens is 252 g/mol. The van der Waals surface area contributed by atoms with Crippen LogP contribution in [-0.2, 0) is 4.74 Å². The zero-order valence-corrected chi connectivity index (χ0v) is 11.4. The molecular formula is C14H17ClO3. The van der Waals surface area contributed by atoms with Gasteiger partial charge in [0.25, 0.3) is 0 Å². The van der Waals surface area contributed by atoms with Crippen LogP contribution in [0.5, 0.6) is 11.5 Å². The number of halogens is 1. The van der Waals surface area contributed by atoms with E-state index >= 15 is 0 Å². The van der Waals surface area contributed by atoms with Gasteiger partial charge in [-0.25, -0.2) is 0 Å². The van der Waals surface area contributed by atoms with Crippen LogP contribution >= 0.6 is 11.6 Å². The highest BCUT2D eigenvalue weighted by Crippen LogP contribution is 2.23. The fourth-order valence-electron chi connectivity index (χ4n) is 1.34. The van der Waals surface area contributed by atoms with Gasteiger partial charge in [0.1, 0.15) is 18.1 Å².